The Hall–Kier alpha value is -3.02. The highest BCUT2D eigenvalue weighted by atomic mass is 16.6. The van der Waals surface area contributed by atoms with E-state index in [0.29, 0.717) is 10.9 Å². The zero-order valence-electron chi connectivity index (χ0n) is 19.6. The molecule has 144 valence electrons. The first kappa shape index (κ1) is 15.1. The van der Waals surface area contributed by atoms with Crippen LogP contribution in [0.4, 0.5) is 10.5 Å². The van der Waals surface area contributed by atoms with Crippen molar-refractivity contribution in [1.82, 2.24) is 5.31 Å². The number of hydrogen-bond acceptors (Lipinski definition) is 5. The minimum Gasteiger partial charge on any atom is -0.465 e. The summed E-state index contributed by atoms with van der Waals surface area (Å²) in [4.78, 5) is 23.7. The van der Waals surface area contributed by atoms with Crippen molar-refractivity contribution in [2.24, 2.45) is 0 Å². The van der Waals surface area contributed by atoms with Crippen molar-refractivity contribution in [2.75, 3.05) is 25.5 Å². The number of alkyl carbamates (subject to hydrolysis) is 1. The number of ether oxygens (including phenoxy) is 2. The van der Waals surface area contributed by atoms with Gasteiger partial charge in [-0.3, -0.25) is 0 Å². The molecule has 0 radical (unpaired) electrons. The monoisotopic (exact) mass is 374 g/mol. The predicted molar refractivity (Wildman–Crippen MR) is 106 cm³/mol. The number of amides is 1. The predicted octanol–water partition coefficient (Wildman–Crippen LogP) is 4.08. The van der Waals surface area contributed by atoms with Crippen LogP contribution in [0.25, 0.3) is 11.1 Å². The molecular formula is C21H26N2O4. The lowest BCUT2D eigenvalue weighted by Crippen LogP contribution is -2.34. The number of methoxy groups -OCH3 is 1. The molecule has 6 heteroatoms. The van der Waals surface area contributed by atoms with Gasteiger partial charge in [0.25, 0.3) is 0 Å². The molecule has 0 saturated carbocycles. The maximum Gasteiger partial charge on any atom is 0.407 e. The number of anilines is 1. The Morgan fingerprint density at radius 3 is 2.52 bits per heavy atom. The summed E-state index contributed by atoms with van der Waals surface area (Å²) < 4.78 is 39.7. The van der Waals surface area contributed by atoms with E-state index in [1.165, 1.54) is 21.0 Å². The lowest BCUT2D eigenvalue weighted by Gasteiger charge is -2.19. The van der Waals surface area contributed by atoms with Crippen LogP contribution in [0, 0.1) is 0 Å². The second-order valence-corrected chi connectivity index (χ2v) is 6.34. The Bertz CT molecular complexity index is 932. The molecule has 2 aromatic rings. The molecule has 27 heavy (non-hydrogen) atoms. The molecule has 6 nitrogen and oxygen atoms in total. The topological polar surface area (TPSA) is 76.7 Å². The van der Waals surface area contributed by atoms with Crippen LogP contribution in [0.3, 0.4) is 0 Å². The van der Waals surface area contributed by atoms with E-state index < -0.39 is 24.5 Å². The summed E-state index contributed by atoms with van der Waals surface area (Å²) in [6.07, 6.45) is -1.03. The number of rotatable bonds is 6. The van der Waals surface area contributed by atoms with E-state index in [1.807, 2.05) is 30.3 Å². The molecular weight excluding hydrogens is 344 g/mol. The Balaban J connectivity index is 1.97. The second-order valence-electron chi connectivity index (χ2n) is 6.34. The molecule has 0 saturated heterocycles. The summed E-state index contributed by atoms with van der Waals surface area (Å²) in [5, 5.41) is 3.68. The molecule has 0 aliphatic carbocycles. The van der Waals surface area contributed by atoms with E-state index in [9.17, 15) is 9.59 Å². The molecule has 0 unspecified atom stereocenters. The van der Waals surface area contributed by atoms with E-state index in [0.717, 1.165) is 16.8 Å². The summed E-state index contributed by atoms with van der Waals surface area (Å²) in [6.45, 7) is 0.305. The maximum atomic E-state index is 12.0. The lowest BCUT2D eigenvalue weighted by atomic mass is 10.0. The lowest BCUT2D eigenvalue weighted by molar-refractivity contribution is 0.0528. The molecule has 0 atom stereocenters. The van der Waals surface area contributed by atoms with Gasteiger partial charge in [-0.05, 0) is 56.1 Å². The van der Waals surface area contributed by atoms with E-state index in [2.05, 4.69) is 5.32 Å². The van der Waals surface area contributed by atoms with Gasteiger partial charge in [-0.25, -0.2) is 9.59 Å². The molecule has 0 aromatic heterocycles. The van der Waals surface area contributed by atoms with Gasteiger partial charge in [-0.15, -0.1) is 0 Å². The number of benzene rings is 2. The van der Waals surface area contributed by atoms with Crippen molar-refractivity contribution in [2.45, 2.75) is 26.3 Å². The average Bonchev–Trinajstić information content (AvgIpc) is 2.72. The third-order valence-electron chi connectivity index (χ3n) is 3.50. The zero-order valence-corrected chi connectivity index (χ0v) is 15.6. The molecule has 2 aromatic carbocycles. The van der Waals surface area contributed by atoms with Crippen LogP contribution in [0.5, 0.6) is 0 Å². The van der Waals surface area contributed by atoms with Crippen LogP contribution < -0.4 is 10.6 Å². The van der Waals surface area contributed by atoms with Crippen molar-refractivity contribution >= 4 is 17.7 Å². The quantitative estimate of drug-likeness (QED) is 0.745. The van der Waals surface area contributed by atoms with Gasteiger partial charge in [-0.1, -0.05) is 24.3 Å². The first-order valence-corrected chi connectivity index (χ1v) is 8.46. The van der Waals surface area contributed by atoms with E-state index in [-0.39, 0.29) is 13.1 Å². The first-order chi connectivity index (χ1) is 14.4. The molecule has 2 rings (SSSR count). The molecule has 0 spiro atoms. The number of carbonyl (C=O) groups is 2. The van der Waals surface area contributed by atoms with Gasteiger partial charge in [0.05, 0.1) is 12.7 Å². The SMILES string of the molecule is [2H]N(CCNc1cccc(-c2cccc(C(=O)OC)c2)c1)C(=O)OC(C)(C)C([2H])([2H])[2H]. The first-order valence-electron chi connectivity index (χ1n) is 10.4. The normalized spacial score (nSPS) is 13.4. The van der Waals surface area contributed by atoms with Crippen LogP contribution in [0.1, 0.15) is 35.2 Å². The van der Waals surface area contributed by atoms with Crippen LogP contribution in [-0.4, -0.2) is 37.9 Å². The van der Waals surface area contributed by atoms with Gasteiger partial charge >= 0.3 is 12.1 Å². The standard InChI is InChI=1S/C21H26N2O4/c1-21(2,3)27-20(25)23-12-11-22-18-10-6-8-16(14-18)15-7-5-9-17(13-15)19(24)26-4/h5-10,13-14,22H,11-12H2,1-4H3,(H,23,25)/i1D3/hD. The molecule has 0 heterocycles. The second kappa shape index (κ2) is 9.07. The van der Waals surface area contributed by atoms with Crippen molar-refractivity contribution in [1.29, 1.82) is 0 Å². The van der Waals surface area contributed by atoms with E-state index in [1.54, 1.807) is 18.2 Å². The van der Waals surface area contributed by atoms with E-state index in [4.69, 9.17) is 15.0 Å². The minimum absolute atomic E-state index is 0.0159. The molecule has 0 aliphatic heterocycles. The number of carbonyl (C=O) groups excluding carboxylic acids is 2. The van der Waals surface area contributed by atoms with E-state index >= 15 is 0 Å². The van der Waals surface area contributed by atoms with Gasteiger partial charge in [0.15, 0.2) is 1.41 Å². The Kier molecular flexibility index (Phi) is 5.07. The van der Waals surface area contributed by atoms with Crippen LogP contribution >= 0.6 is 0 Å². The summed E-state index contributed by atoms with van der Waals surface area (Å²) >= 11 is 0. The largest absolute Gasteiger partial charge is 0.465 e. The summed E-state index contributed by atoms with van der Waals surface area (Å²) in [5.41, 5.74) is 1.22. The van der Waals surface area contributed by atoms with Gasteiger partial charge in [0, 0.05) is 22.9 Å². The van der Waals surface area contributed by atoms with Crippen LogP contribution in [-0.2, 0) is 9.47 Å². The van der Waals surface area contributed by atoms with Gasteiger partial charge in [-0.2, -0.15) is 0 Å². The fraction of sp³-hybridized carbons (Fsp3) is 0.333. The Labute approximate surface area is 165 Å². The highest BCUT2D eigenvalue weighted by Gasteiger charge is 2.15. The van der Waals surface area contributed by atoms with Crippen LogP contribution in [0.15, 0.2) is 48.5 Å². The molecule has 0 bridgehead atoms. The minimum atomic E-state index is -2.49. The zero-order chi connectivity index (χ0) is 23.2. The number of esters is 1. The summed E-state index contributed by atoms with van der Waals surface area (Å²) in [7, 11) is 1.33. The molecule has 2 N–H and O–H groups in total. The number of hydrogen-bond donors (Lipinski definition) is 2. The van der Waals surface area contributed by atoms with Crippen molar-refractivity contribution in [3.05, 3.63) is 54.1 Å². The van der Waals surface area contributed by atoms with Crippen molar-refractivity contribution < 1.29 is 24.6 Å². The molecule has 0 aliphatic rings. The van der Waals surface area contributed by atoms with Crippen LogP contribution in [0.2, 0.25) is 1.41 Å². The summed E-state index contributed by atoms with van der Waals surface area (Å²) in [6, 6.07) is 14.5. The highest BCUT2D eigenvalue weighted by Crippen LogP contribution is 2.23. The summed E-state index contributed by atoms with van der Waals surface area (Å²) in [5.74, 6) is -0.416. The average molecular weight is 374 g/mol. The fourth-order valence-electron chi connectivity index (χ4n) is 2.35. The fourth-order valence-corrected chi connectivity index (χ4v) is 2.35. The highest BCUT2D eigenvalue weighted by molar-refractivity contribution is 5.91. The Morgan fingerprint density at radius 2 is 1.81 bits per heavy atom. The Morgan fingerprint density at radius 1 is 1.11 bits per heavy atom. The smallest absolute Gasteiger partial charge is 0.407 e. The molecule has 0 fully saturated rings. The van der Waals surface area contributed by atoms with Crippen molar-refractivity contribution in [3.8, 4) is 11.1 Å². The third-order valence-corrected chi connectivity index (χ3v) is 3.50. The maximum absolute atomic E-state index is 12.0. The van der Waals surface area contributed by atoms with Gasteiger partial charge in [0.2, 0.25) is 0 Å². The number of nitrogens with one attached hydrogen (secondary N) is 2. The third kappa shape index (κ3) is 6.66. The van der Waals surface area contributed by atoms with Crippen molar-refractivity contribution in [3.63, 3.8) is 0 Å². The molecule has 1 amide bonds. The van der Waals surface area contributed by atoms with Gasteiger partial charge in [0.1, 0.15) is 5.60 Å². The van der Waals surface area contributed by atoms with Gasteiger partial charge < -0.3 is 20.1 Å².